The molecule has 0 saturated carbocycles. The molecule has 172 valence electrons. The molecule has 7 nitrogen and oxygen atoms in total. The van der Waals surface area contributed by atoms with Crippen molar-refractivity contribution in [2.24, 2.45) is 10.5 Å². The summed E-state index contributed by atoms with van der Waals surface area (Å²) in [6, 6.07) is 5.87. The van der Waals surface area contributed by atoms with E-state index in [1.54, 1.807) is 31.9 Å². The molecule has 1 unspecified atom stereocenters. The number of halogens is 1. The van der Waals surface area contributed by atoms with Gasteiger partial charge in [-0.3, -0.25) is 4.76 Å². The number of nitrogens with one attached hydrogen (secondary N) is 1. The van der Waals surface area contributed by atoms with E-state index in [-0.39, 0.29) is 17.2 Å². The van der Waals surface area contributed by atoms with Crippen molar-refractivity contribution in [2.45, 2.75) is 57.7 Å². The molecule has 1 atom stereocenters. The van der Waals surface area contributed by atoms with Gasteiger partial charge >= 0.3 is 0 Å². The Morgan fingerprint density at radius 2 is 1.94 bits per heavy atom. The third-order valence-corrected chi connectivity index (χ3v) is 6.37. The Balaban J connectivity index is 1.79. The molecule has 9 heteroatoms. The number of allylic oxidation sites excluding steroid dienone is 1. The molecular formula is C23H31IN5O2P. The predicted octanol–water partition coefficient (Wildman–Crippen LogP) is 5.15. The third kappa shape index (κ3) is 6.39. The lowest BCUT2D eigenvalue weighted by atomic mass is 9.81. The summed E-state index contributed by atoms with van der Waals surface area (Å²) in [6.07, 6.45) is 9.08. The van der Waals surface area contributed by atoms with Crippen molar-refractivity contribution in [1.82, 2.24) is 15.3 Å². The summed E-state index contributed by atoms with van der Waals surface area (Å²) in [4.78, 5) is 9.11. The monoisotopic (exact) mass is 567 g/mol. The summed E-state index contributed by atoms with van der Waals surface area (Å²) in [7, 11) is 1.64. The molecule has 2 aromatic rings. The molecule has 0 bridgehead atoms. The number of hydrogen-bond acceptors (Lipinski definition) is 7. The van der Waals surface area contributed by atoms with Crippen molar-refractivity contribution in [1.29, 1.82) is 0 Å². The lowest BCUT2D eigenvalue weighted by Crippen LogP contribution is -2.60. The number of aromatic nitrogens is 2. The highest BCUT2D eigenvalue weighted by molar-refractivity contribution is 14.2. The molecule has 1 aliphatic heterocycles. The summed E-state index contributed by atoms with van der Waals surface area (Å²) < 4.78 is 16.1. The van der Waals surface area contributed by atoms with Crippen LogP contribution in [0.5, 0.6) is 11.6 Å². The first-order chi connectivity index (χ1) is 15.2. The van der Waals surface area contributed by atoms with Crippen LogP contribution in [0.2, 0.25) is 0 Å². The topological polar surface area (TPSA) is 94.7 Å². The van der Waals surface area contributed by atoms with E-state index in [0.717, 1.165) is 29.5 Å². The number of hydrogen-bond donors (Lipinski definition) is 2. The first kappa shape index (κ1) is 24.9. The average molecular weight is 567 g/mol. The SMILES string of the molecule is COc1cc(C(C=NPI)=CN)ccc1-c1cnc(OC2CC(C)(C)NC(C)(C)C2)cn1. The molecular weight excluding hydrogens is 536 g/mol. The maximum absolute atomic E-state index is 6.20. The Labute approximate surface area is 205 Å². The van der Waals surface area contributed by atoms with Gasteiger partial charge in [0.05, 0.1) is 31.6 Å². The Morgan fingerprint density at radius 1 is 1.22 bits per heavy atom. The van der Waals surface area contributed by atoms with Crippen molar-refractivity contribution in [3.05, 3.63) is 42.4 Å². The fourth-order valence-electron chi connectivity index (χ4n) is 4.39. The van der Waals surface area contributed by atoms with E-state index in [0.29, 0.717) is 23.7 Å². The number of nitrogens with two attached hydrogens (primary N) is 1. The van der Waals surface area contributed by atoms with Crippen LogP contribution in [0.3, 0.4) is 0 Å². The summed E-state index contributed by atoms with van der Waals surface area (Å²) in [5.41, 5.74) is 9.12. The quantitative estimate of drug-likeness (QED) is 0.273. The second kappa shape index (κ2) is 10.4. The van der Waals surface area contributed by atoms with Crippen LogP contribution in [0.1, 0.15) is 46.1 Å². The first-order valence-corrected chi connectivity index (χ1v) is 14.5. The highest BCUT2D eigenvalue weighted by Gasteiger charge is 2.38. The molecule has 0 radical (unpaired) electrons. The average Bonchev–Trinajstić information content (AvgIpc) is 2.72. The van der Waals surface area contributed by atoms with Gasteiger partial charge < -0.3 is 20.5 Å². The van der Waals surface area contributed by atoms with E-state index in [1.165, 1.54) is 0 Å². The molecule has 2 heterocycles. The predicted molar refractivity (Wildman–Crippen MR) is 142 cm³/mol. The second-order valence-electron chi connectivity index (χ2n) is 9.16. The van der Waals surface area contributed by atoms with Crippen molar-refractivity contribution < 1.29 is 9.47 Å². The molecule has 0 spiro atoms. The third-order valence-electron chi connectivity index (χ3n) is 5.31. The van der Waals surface area contributed by atoms with Gasteiger partial charge in [0.15, 0.2) is 0 Å². The van der Waals surface area contributed by atoms with Crippen LogP contribution in [0.25, 0.3) is 16.8 Å². The van der Waals surface area contributed by atoms with Crippen LogP contribution < -0.4 is 20.5 Å². The number of piperidine rings is 1. The van der Waals surface area contributed by atoms with Crippen LogP contribution in [0.15, 0.2) is 41.6 Å². The Kier molecular flexibility index (Phi) is 8.11. The minimum absolute atomic E-state index is 0.00752. The zero-order valence-electron chi connectivity index (χ0n) is 19.1. The zero-order chi connectivity index (χ0) is 23.4. The Bertz CT molecular complexity index is 976. The smallest absolute Gasteiger partial charge is 0.232 e. The molecule has 32 heavy (non-hydrogen) atoms. The highest BCUT2D eigenvalue weighted by Crippen LogP contribution is 2.33. The molecule has 3 rings (SSSR count). The Hall–Kier alpha value is -1.77. The standard InChI is InChI=1S/C23H31IN5O2P/c1-22(2)9-17(10-23(3,4)29-22)31-21-14-26-19(13-27-21)18-7-6-15(8-20(18)30-5)16(11-25)12-28-32-24/h6-8,11-14,17,29,32H,9-10,25H2,1-5H3. The fraction of sp³-hybridized carbons (Fsp3) is 0.435. The van der Waals surface area contributed by atoms with Crippen LogP contribution in [-0.4, -0.2) is 40.5 Å². The van der Waals surface area contributed by atoms with E-state index in [2.05, 4.69) is 69.8 Å². The van der Waals surface area contributed by atoms with Crippen molar-refractivity contribution in [3.63, 3.8) is 0 Å². The van der Waals surface area contributed by atoms with E-state index >= 15 is 0 Å². The summed E-state index contributed by atoms with van der Waals surface area (Å²) in [5, 5.41) is 3.67. The van der Waals surface area contributed by atoms with Crippen molar-refractivity contribution in [3.8, 4) is 22.9 Å². The maximum Gasteiger partial charge on any atom is 0.232 e. The summed E-state index contributed by atoms with van der Waals surface area (Å²) in [5.74, 6) is 1.23. The lowest BCUT2D eigenvalue weighted by molar-refractivity contribution is 0.0527. The van der Waals surface area contributed by atoms with Crippen molar-refractivity contribution in [2.75, 3.05) is 7.11 Å². The minimum atomic E-state index is 0.00752. The normalized spacial score (nSPS) is 19.0. The molecule has 1 aromatic carbocycles. The van der Waals surface area contributed by atoms with Crippen LogP contribution in [-0.2, 0) is 0 Å². The number of ether oxygens (including phenoxy) is 2. The lowest BCUT2D eigenvalue weighted by Gasteiger charge is -2.46. The van der Waals surface area contributed by atoms with Gasteiger partial charge in [0, 0.05) is 47.5 Å². The fourth-order valence-corrected chi connectivity index (χ4v) is 4.99. The van der Waals surface area contributed by atoms with E-state index in [4.69, 9.17) is 15.2 Å². The number of nitrogens with zero attached hydrogens (tertiary/aromatic N) is 3. The molecule has 0 amide bonds. The molecule has 1 aromatic heterocycles. The van der Waals surface area contributed by atoms with Gasteiger partial charge in [-0.25, -0.2) is 9.97 Å². The van der Waals surface area contributed by atoms with Crippen LogP contribution >= 0.6 is 28.4 Å². The number of rotatable bonds is 7. The van der Waals surface area contributed by atoms with Gasteiger partial charge in [-0.2, -0.15) is 0 Å². The van der Waals surface area contributed by atoms with Gasteiger partial charge in [-0.1, -0.05) is 6.07 Å². The van der Waals surface area contributed by atoms with Gasteiger partial charge in [0.1, 0.15) is 11.9 Å². The number of benzene rings is 1. The summed E-state index contributed by atoms with van der Waals surface area (Å²) >= 11 is 2.22. The van der Waals surface area contributed by atoms with Crippen LogP contribution in [0.4, 0.5) is 0 Å². The summed E-state index contributed by atoms with van der Waals surface area (Å²) in [6.45, 7) is 8.81. The van der Waals surface area contributed by atoms with Crippen LogP contribution in [0, 0.1) is 0 Å². The maximum atomic E-state index is 6.20. The van der Waals surface area contributed by atoms with E-state index in [9.17, 15) is 0 Å². The van der Waals surface area contributed by atoms with E-state index in [1.807, 2.05) is 18.2 Å². The van der Waals surface area contributed by atoms with Gasteiger partial charge in [-0.05, 0) is 67.4 Å². The zero-order valence-corrected chi connectivity index (χ0v) is 22.3. The molecule has 0 aliphatic carbocycles. The molecule has 1 fully saturated rings. The highest BCUT2D eigenvalue weighted by atomic mass is 127. The van der Waals surface area contributed by atoms with Gasteiger partial charge in [-0.15, -0.1) is 0 Å². The van der Waals surface area contributed by atoms with E-state index < -0.39 is 0 Å². The van der Waals surface area contributed by atoms with Gasteiger partial charge in [0.2, 0.25) is 5.88 Å². The molecule has 1 saturated heterocycles. The second-order valence-corrected chi connectivity index (χ2v) is 11.0. The largest absolute Gasteiger partial charge is 0.496 e. The molecule has 1 aliphatic rings. The number of methoxy groups -OCH3 is 1. The van der Waals surface area contributed by atoms with Gasteiger partial charge in [0.25, 0.3) is 0 Å². The first-order valence-electron chi connectivity index (χ1n) is 10.4. The van der Waals surface area contributed by atoms with Crippen molar-refractivity contribution >= 4 is 40.2 Å². The minimum Gasteiger partial charge on any atom is -0.496 e. The Morgan fingerprint density at radius 3 is 2.50 bits per heavy atom. The molecule has 3 N–H and O–H groups in total.